The molecule has 0 saturated carbocycles. The topological polar surface area (TPSA) is 69.7 Å². The Hall–Kier alpha value is -2.47. The zero-order valence-corrected chi connectivity index (χ0v) is 13.8. The first-order chi connectivity index (χ1) is 11.1. The summed E-state index contributed by atoms with van der Waals surface area (Å²) >= 11 is 5.86. The number of amides is 1. The molecule has 2 rings (SSSR count). The quantitative estimate of drug-likeness (QED) is 0.878. The molecule has 0 unspecified atom stereocenters. The van der Waals surface area contributed by atoms with Gasteiger partial charge in [0.1, 0.15) is 5.69 Å². The van der Waals surface area contributed by atoms with Crippen LogP contribution in [0.1, 0.15) is 16.1 Å². The number of aromatic nitrogens is 1. The Morgan fingerprint density at radius 3 is 2.48 bits per heavy atom. The molecule has 1 amide bonds. The van der Waals surface area contributed by atoms with Crippen LogP contribution in [0.2, 0.25) is 5.02 Å². The van der Waals surface area contributed by atoms with Crippen molar-refractivity contribution in [3.8, 4) is 17.2 Å². The lowest BCUT2D eigenvalue weighted by atomic mass is 10.1. The summed E-state index contributed by atoms with van der Waals surface area (Å²) in [7, 11) is 4.60. The second kappa shape index (κ2) is 7.69. The van der Waals surface area contributed by atoms with Crippen LogP contribution in [0, 0.1) is 0 Å². The van der Waals surface area contributed by atoms with Gasteiger partial charge in [-0.1, -0.05) is 11.6 Å². The smallest absolute Gasteiger partial charge is 0.270 e. The number of pyridine rings is 1. The third-order valence-corrected chi connectivity index (χ3v) is 3.41. The Balaban J connectivity index is 2.18. The maximum Gasteiger partial charge on any atom is 0.270 e. The Labute approximate surface area is 139 Å². The molecule has 1 aromatic carbocycles. The maximum atomic E-state index is 12.1. The van der Waals surface area contributed by atoms with Gasteiger partial charge >= 0.3 is 0 Å². The largest absolute Gasteiger partial charge is 0.493 e. The van der Waals surface area contributed by atoms with E-state index in [0.717, 1.165) is 5.56 Å². The molecule has 2 aromatic rings. The van der Waals surface area contributed by atoms with Crippen molar-refractivity contribution < 1.29 is 19.0 Å². The van der Waals surface area contributed by atoms with Gasteiger partial charge in [-0.15, -0.1) is 0 Å². The van der Waals surface area contributed by atoms with Crippen LogP contribution in [0.5, 0.6) is 17.2 Å². The molecular formula is C16H17ClN2O4. The van der Waals surface area contributed by atoms with Crippen LogP contribution < -0.4 is 19.5 Å². The number of hydrogen-bond donors (Lipinski definition) is 1. The van der Waals surface area contributed by atoms with Crippen molar-refractivity contribution in [1.29, 1.82) is 0 Å². The maximum absolute atomic E-state index is 12.1. The van der Waals surface area contributed by atoms with Gasteiger partial charge in [-0.05, 0) is 24.3 Å². The molecule has 0 saturated heterocycles. The fourth-order valence-electron chi connectivity index (χ4n) is 2.10. The van der Waals surface area contributed by atoms with E-state index in [9.17, 15) is 4.79 Å². The molecule has 6 nitrogen and oxygen atoms in total. The van der Waals surface area contributed by atoms with Crippen molar-refractivity contribution in [3.05, 3.63) is 46.7 Å². The fourth-order valence-corrected chi connectivity index (χ4v) is 2.26. The molecule has 0 fully saturated rings. The summed E-state index contributed by atoms with van der Waals surface area (Å²) in [5.41, 5.74) is 0.998. The molecule has 1 aromatic heterocycles. The first-order valence-corrected chi connectivity index (χ1v) is 7.16. The number of halogens is 1. The number of methoxy groups -OCH3 is 3. The number of carbonyl (C=O) groups is 1. The molecule has 1 N–H and O–H groups in total. The monoisotopic (exact) mass is 336 g/mol. The van der Waals surface area contributed by atoms with E-state index < -0.39 is 0 Å². The Kier molecular flexibility index (Phi) is 5.65. The van der Waals surface area contributed by atoms with Crippen molar-refractivity contribution in [3.63, 3.8) is 0 Å². The van der Waals surface area contributed by atoms with Crippen LogP contribution in [-0.4, -0.2) is 32.2 Å². The SMILES string of the molecule is COc1ccc(CNC(=O)c2cc(Cl)ccn2)c(OC)c1OC. The normalized spacial score (nSPS) is 10.1. The molecule has 23 heavy (non-hydrogen) atoms. The number of nitrogens with one attached hydrogen (secondary N) is 1. The van der Waals surface area contributed by atoms with Crippen LogP contribution in [-0.2, 0) is 6.54 Å². The summed E-state index contributed by atoms with van der Waals surface area (Å²) in [6.07, 6.45) is 1.48. The van der Waals surface area contributed by atoms with E-state index in [2.05, 4.69) is 10.3 Å². The third kappa shape index (κ3) is 3.84. The first kappa shape index (κ1) is 16.9. The molecular weight excluding hydrogens is 320 g/mol. The average molecular weight is 337 g/mol. The van der Waals surface area contributed by atoms with Gasteiger partial charge in [0.25, 0.3) is 5.91 Å². The molecule has 0 aliphatic rings. The highest BCUT2D eigenvalue weighted by Crippen LogP contribution is 2.39. The summed E-state index contributed by atoms with van der Waals surface area (Å²) in [5.74, 6) is 1.20. The van der Waals surface area contributed by atoms with Crippen LogP contribution in [0.15, 0.2) is 30.5 Å². The van der Waals surface area contributed by atoms with Gasteiger partial charge < -0.3 is 19.5 Å². The zero-order valence-electron chi connectivity index (χ0n) is 13.1. The standard InChI is InChI=1S/C16H17ClN2O4/c1-21-13-5-4-10(14(22-2)15(13)23-3)9-19-16(20)12-8-11(17)6-7-18-12/h4-8H,9H2,1-3H3,(H,19,20). The Morgan fingerprint density at radius 1 is 1.13 bits per heavy atom. The number of benzene rings is 1. The second-order valence-electron chi connectivity index (χ2n) is 4.54. The molecule has 122 valence electrons. The van der Waals surface area contributed by atoms with Crippen molar-refractivity contribution in [2.75, 3.05) is 21.3 Å². The molecule has 0 atom stereocenters. The molecule has 0 radical (unpaired) electrons. The summed E-state index contributed by atoms with van der Waals surface area (Å²) in [4.78, 5) is 16.1. The number of hydrogen-bond acceptors (Lipinski definition) is 5. The van der Waals surface area contributed by atoms with Gasteiger partial charge in [0, 0.05) is 23.3 Å². The van der Waals surface area contributed by atoms with Gasteiger partial charge in [-0.2, -0.15) is 0 Å². The van der Waals surface area contributed by atoms with Crippen LogP contribution in [0.3, 0.4) is 0 Å². The highest BCUT2D eigenvalue weighted by atomic mass is 35.5. The summed E-state index contributed by atoms with van der Waals surface area (Å²) in [6, 6.07) is 6.66. The van der Waals surface area contributed by atoms with E-state index in [0.29, 0.717) is 22.3 Å². The van der Waals surface area contributed by atoms with Gasteiger partial charge in [-0.3, -0.25) is 9.78 Å². The van der Waals surface area contributed by atoms with Gasteiger partial charge in [0.2, 0.25) is 5.75 Å². The first-order valence-electron chi connectivity index (χ1n) is 6.78. The van der Waals surface area contributed by atoms with Crippen molar-refractivity contribution in [1.82, 2.24) is 10.3 Å². The van der Waals surface area contributed by atoms with Crippen LogP contribution >= 0.6 is 11.6 Å². The molecule has 0 bridgehead atoms. The van der Waals surface area contributed by atoms with Crippen LogP contribution in [0.4, 0.5) is 0 Å². The Morgan fingerprint density at radius 2 is 1.87 bits per heavy atom. The van der Waals surface area contributed by atoms with E-state index in [1.165, 1.54) is 26.5 Å². The minimum atomic E-state index is -0.329. The highest BCUT2D eigenvalue weighted by molar-refractivity contribution is 6.30. The molecule has 0 spiro atoms. The summed E-state index contributed by atoms with van der Waals surface area (Å²) < 4.78 is 15.9. The molecule has 7 heteroatoms. The third-order valence-electron chi connectivity index (χ3n) is 3.18. The van der Waals surface area contributed by atoms with E-state index in [-0.39, 0.29) is 18.1 Å². The predicted molar refractivity (Wildman–Crippen MR) is 86.5 cm³/mol. The minimum Gasteiger partial charge on any atom is -0.493 e. The number of ether oxygens (including phenoxy) is 3. The van der Waals surface area contributed by atoms with Crippen molar-refractivity contribution in [2.24, 2.45) is 0 Å². The van der Waals surface area contributed by atoms with Gasteiger partial charge in [0.15, 0.2) is 11.5 Å². The van der Waals surface area contributed by atoms with Crippen molar-refractivity contribution >= 4 is 17.5 Å². The number of rotatable bonds is 6. The van der Waals surface area contributed by atoms with E-state index in [1.807, 2.05) is 0 Å². The number of nitrogens with zero attached hydrogens (tertiary/aromatic N) is 1. The van der Waals surface area contributed by atoms with Gasteiger partial charge in [-0.25, -0.2) is 0 Å². The lowest BCUT2D eigenvalue weighted by molar-refractivity contribution is 0.0945. The van der Waals surface area contributed by atoms with Crippen LogP contribution in [0.25, 0.3) is 0 Å². The molecule has 0 aliphatic heterocycles. The van der Waals surface area contributed by atoms with E-state index in [1.54, 1.807) is 25.3 Å². The van der Waals surface area contributed by atoms with E-state index in [4.69, 9.17) is 25.8 Å². The van der Waals surface area contributed by atoms with E-state index >= 15 is 0 Å². The second-order valence-corrected chi connectivity index (χ2v) is 4.97. The lowest BCUT2D eigenvalue weighted by Crippen LogP contribution is -2.24. The highest BCUT2D eigenvalue weighted by Gasteiger charge is 2.16. The zero-order chi connectivity index (χ0) is 16.8. The minimum absolute atomic E-state index is 0.247. The van der Waals surface area contributed by atoms with Gasteiger partial charge in [0.05, 0.1) is 21.3 Å². The predicted octanol–water partition coefficient (Wildman–Crippen LogP) is 2.69. The lowest BCUT2D eigenvalue weighted by Gasteiger charge is -2.16. The average Bonchev–Trinajstić information content (AvgIpc) is 2.58. The molecule has 0 aliphatic carbocycles. The summed E-state index contributed by atoms with van der Waals surface area (Å²) in [6.45, 7) is 0.247. The fraction of sp³-hybridized carbons (Fsp3) is 0.250. The summed E-state index contributed by atoms with van der Waals surface area (Å²) in [5, 5.41) is 3.22. The van der Waals surface area contributed by atoms with Crippen molar-refractivity contribution in [2.45, 2.75) is 6.54 Å². The molecule has 1 heterocycles. The Bertz CT molecular complexity index is 706. The number of carbonyl (C=O) groups excluding carboxylic acids is 1.